The number of amides is 1. The van der Waals surface area contributed by atoms with Crippen LogP contribution in [-0.2, 0) is 23.8 Å². The van der Waals surface area contributed by atoms with Crippen molar-refractivity contribution in [2.45, 2.75) is 333 Å². The van der Waals surface area contributed by atoms with E-state index in [4.69, 9.17) is 14.2 Å². The minimum Gasteiger partial charge on any atom is -0.466 e. The number of carbonyl (C=O) groups is 2. The number of carbonyl (C=O) groups excluding carboxylic acids is 2. The number of nitrogens with one attached hydrogen (secondary N) is 1. The maximum Gasteiger partial charge on any atom is 0.305 e. The van der Waals surface area contributed by atoms with Crippen LogP contribution in [0.3, 0.4) is 0 Å². The van der Waals surface area contributed by atoms with E-state index in [1.807, 2.05) is 6.08 Å². The van der Waals surface area contributed by atoms with Crippen molar-refractivity contribution in [3.8, 4) is 0 Å². The molecule has 7 atom stereocenters. The summed E-state index contributed by atoms with van der Waals surface area (Å²) in [5.41, 5.74) is 0. The van der Waals surface area contributed by atoms with E-state index in [1.165, 1.54) is 186 Å². The average molecular weight is 1020 g/mol. The standard InChI is InChI=1S/C61H115NO10/c1-3-5-7-9-11-13-14-15-26-29-33-37-41-45-49-57(66)70-50-46-42-38-34-30-27-24-22-20-18-16-17-19-21-23-25-28-32-36-40-44-48-56(65)62-53(54(64)47-43-39-35-31-12-10-8-6-4-2)52-71-61-60(69)59(68)58(67)55(51-63)72-61/h17,19,43,47,53-55,58-61,63-64,67-69H,3-16,18,20-42,44-46,48-52H2,1-2H3,(H,62,65)/b19-17-,47-43+. The predicted octanol–water partition coefficient (Wildman–Crippen LogP) is 14.1. The summed E-state index contributed by atoms with van der Waals surface area (Å²) >= 11 is 0. The summed E-state index contributed by atoms with van der Waals surface area (Å²) in [5.74, 6) is -0.194. The first-order valence-electron chi connectivity index (χ1n) is 30.6. The third-order valence-electron chi connectivity index (χ3n) is 14.6. The largest absolute Gasteiger partial charge is 0.466 e. The molecule has 0 aromatic heterocycles. The first-order valence-corrected chi connectivity index (χ1v) is 30.6. The molecule has 1 saturated heterocycles. The molecule has 1 amide bonds. The van der Waals surface area contributed by atoms with E-state index in [0.717, 1.165) is 77.0 Å². The van der Waals surface area contributed by atoms with Gasteiger partial charge in [-0.25, -0.2) is 0 Å². The Hall–Kier alpha value is -1.86. The van der Waals surface area contributed by atoms with Crippen LogP contribution in [0.2, 0.25) is 0 Å². The average Bonchev–Trinajstić information content (AvgIpc) is 3.38. The molecule has 0 spiro atoms. The van der Waals surface area contributed by atoms with Crippen molar-refractivity contribution >= 4 is 11.9 Å². The van der Waals surface area contributed by atoms with E-state index >= 15 is 0 Å². The first-order chi connectivity index (χ1) is 35.2. The Labute approximate surface area is 441 Å². The Kier molecular flexibility index (Phi) is 48.5. The fraction of sp³-hybridized carbons (Fsp3) is 0.902. The van der Waals surface area contributed by atoms with Crippen molar-refractivity contribution in [1.29, 1.82) is 0 Å². The highest BCUT2D eigenvalue weighted by Gasteiger charge is 2.44. The van der Waals surface area contributed by atoms with Crippen LogP contribution in [0.15, 0.2) is 24.3 Å². The number of hydrogen-bond donors (Lipinski definition) is 6. The summed E-state index contributed by atoms with van der Waals surface area (Å²) in [6.07, 6.45) is 51.4. The molecule has 1 heterocycles. The Morgan fingerprint density at radius 3 is 1.33 bits per heavy atom. The number of allylic oxidation sites excluding steroid dienone is 3. The van der Waals surface area contributed by atoms with E-state index in [2.05, 4.69) is 31.3 Å². The van der Waals surface area contributed by atoms with Crippen molar-refractivity contribution < 1.29 is 49.3 Å². The van der Waals surface area contributed by atoms with Gasteiger partial charge in [0.2, 0.25) is 5.91 Å². The van der Waals surface area contributed by atoms with Gasteiger partial charge in [0.1, 0.15) is 24.4 Å². The van der Waals surface area contributed by atoms with Crippen LogP contribution in [0.25, 0.3) is 0 Å². The molecule has 6 N–H and O–H groups in total. The van der Waals surface area contributed by atoms with E-state index in [-0.39, 0.29) is 18.5 Å². The quantitative estimate of drug-likeness (QED) is 0.0195. The fourth-order valence-corrected chi connectivity index (χ4v) is 9.67. The van der Waals surface area contributed by atoms with Crippen LogP contribution in [0.4, 0.5) is 0 Å². The first kappa shape index (κ1) is 68.2. The molecule has 1 aliphatic rings. The van der Waals surface area contributed by atoms with Crippen molar-refractivity contribution in [3.05, 3.63) is 24.3 Å². The van der Waals surface area contributed by atoms with Crippen molar-refractivity contribution in [2.24, 2.45) is 0 Å². The topological polar surface area (TPSA) is 175 Å². The number of ether oxygens (including phenoxy) is 3. The molecular formula is C61H115NO10. The van der Waals surface area contributed by atoms with Crippen LogP contribution in [0, 0.1) is 0 Å². The zero-order valence-electron chi connectivity index (χ0n) is 46.7. The van der Waals surface area contributed by atoms with E-state index in [1.54, 1.807) is 6.08 Å². The third-order valence-corrected chi connectivity index (χ3v) is 14.6. The van der Waals surface area contributed by atoms with Gasteiger partial charge in [-0.15, -0.1) is 0 Å². The van der Waals surface area contributed by atoms with E-state index < -0.39 is 49.5 Å². The second-order valence-electron chi connectivity index (χ2n) is 21.4. The Balaban J connectivity index is 2.01. The number of hydrogen-bond acceptors (Lipinski definition) is 10. The molecule has 7 unspecified atom stereocenters. The molecule has 11 heteroatoms. The van der Waals surface area contributed by atoms with Crippen molar-refractivity contribution in [3.63, 3.8) is 0 Å². The maximum absolute atomic E-state index is 13.0. The normalized spacial score (nSPS) is 19.1. The summed E-state index contributed by atoms with van der Waals surface area (Å²) in [6.45, 7) is 4.32. The molecule has 1 aliphatic heterocycles. The van der Waals surface area contributed by atoms with Gasteiger partial charge in [-0.3, -0.25) is 9.59 Å². The molecule has 0 saturated carbocycles. The highest BCUT2D eigenvalue weighted by Crippen LogP contribution is 2.23. The zero-order chi connectivity index (χ0) is 52.4. The Morgan fingerprint density at radius 1 is 0.500 bits per heavy atom. The van der Waals surface area contributed by atoms with E-state index in [9.17, 15) is 35.1 Å². The van der Waals surface area contributed by atoms with Crippen LogP contribution >= 0.6 is 0 Å². The predicted molar refractivity (Wildman–Crippen MR) is 297 cm³/mol. The number of aliphatic hydroxyl groups excluding tert-OH is 5. The number of aliphatic hydroxyl groups is 5. The summed E-state index contributed by atoms with van der Waals surface area (Å²) in [4.78, 5) is 25.0. The summed E-state index contributed by atoms with van der Waals surface area (Å²) in [6, 6.07) is -0.813. The van der Waals surface area contributed by atoms with Crippen LogP contribution in [-0.4, -0.2) is 100 Å². The van der Waals surface area contributed by atoms with Crippen LogP contribution in [0.1, 0.15) is 290 Å². The molecule has 0 radical (unpaired) electrons. The lowest BCUT2D eigenvalue weighted by Crippen LogP contribution is -2.60. The number of esters is 1. The van der Waals surface area contributed by atoms with Gasteiger partial charge >= 0.3 is 5.97 Å². The summed E-state index contributed by atoms with van der Waals surface area (Å²) < 4.78 is 16.7. The molecule has 72 heavy (non-hydrogen) atoms. The molecule has 11 nitrogen and oxygen atoms in total. The maximum atomic E-state index is 13.0. The highest BCUT2D eigenvalue weighted by atomic mass is 16.7. The molecule has 0 aromatic rings. The Bertz CT molecular complexity index is 1250. The fourth-order valence-electron chi connectivity index (χ4n) is 9.67. The minimum atomic E-state index is -1.57. The monoisotopic (exact) mass is 1020 g/mol. The van der Waals surface area contributed by atoms with Gasteiger partial charge in [0.15, 0.2) is 6.29 Å². The number of rotatable bonds is 53. The van der Waals surface area contributed by atoms with Gasteiger partial charge in [-0.05, 0) is 57.8 Å². The minimum absolute atomic E-state index is 0.00267. The highest BCUT2D eigenvalue weighted by molar-refractivity contribution is 5.76. The molecule has 0 aromatic carbocycles. The smallest absolute Gasteiger partial charge is 0.305 e. The van der Waals surface area contributed by atoms with Crippen molar-refractivity contribution in [1.82, 2.24) is 5.32 Å². The van der Waals surface area contributed by atoms with Gasteiger partial charge < -0.3 is 45.1 Å². The van der Waals surface area contributed by atoms with Gasteiger partial charge in [-0.1, -0.05) is 244 Å². The van der Waals surface area contributed by atoms with E-state index in [0.29, 0.717) is 19.4 Å². The second kappa shape index (κ2) is 51.3. The molecular weight excluding hydrogens is 907 g/mol. The van der Waals surface area contributed by atoms with Gasteiger partial charge in [0, 0.05) is 12.8 Å². The van der Waals surface area contributed by atoms with Crippen LogP contribution < -0.4 is 5.32 Å². The third kappa shape index (κ3) is 40.5. The molecule has 0 bridgehead atoms. The lowest BCUT2D eigenvalue weighted by atomic mass is 9.99. The summed E-state index contributed by atoms with van der Waals surface area (Å²) in [5, 5.41) is 54.2. The lowest BCUT2D eigenvalue weighted by Gasteiger charge is -2.40. The molecule has 424 valence electrons. The van der Waals surface area contributed by atoms with Gasteiger partial charge in [0.25, 0.3) is 0 Å². The second-order valence-corrected chi connectivity index (χ2v) is 21.4. The molecule has 0 aliphatic carbocycles. The SMILES string of the molecule is CCCCCCCCC/C=C/C(O)C(COC1OC(CO)C(O)C(O)C1O)NC(=O)CCCCCCCCC/C=C\CCCCCCCCCCCCOC(=O)CCCCCCCCCCCCCCCC. The number of unbranched alkanes of at least 4 members (excludes halogenated alkanes) is 37. The zero-order valence-corrected chi connectivity index (χ0v) is 46.7. The Morgan fingerprint density at radius 2 is 0.889 bits per heavy atom. The van der Waals surface area contributed by atoms with Crippen molar-refractivity contribution in [2.75, 3.05) is 19.8 Å². The molecule has 1 rings (SSSR count). The lowest BCUT2D eigenvalue weighted by molar-refractivity contribution is -0.302. The molecule has 1 fully saturated rings. The van der Waals surface area contributed by atoms with Crippen LogP contribution in [0.5, 0.6) is 0 Å². The summed E-state index contributed by atoms with van der Waals surface area (Å²) in [7, 11) is 0. The van der Waals surface area contributed by atoms with Gasteiger partial charge in [-0.2, -0.15) is 0 Å². The van der Waals surface area contributed by atoms with Gasteiger partial charge in [0.05, 0.1) is 32.0 Å².